The number of carboxylic acid groups (broad SMARTS) is 1. The van der Waals surface area contributed by atoms with Crippen LogP contribution in [-0.4, -0.2) is 47.3 Å². The number of carboxylic acids is 1. The van der Waals surface area contributed by atoms with Gasteiger partial charge in [0.15, 0.2) is 0 Å². The molecule has 2 aromatic carbocycles. The van der Waals surface area contributed by atoms with Gasteiger partial charge < -0.3 is 20.5 Å². The average molecular weight is 494 g/mol. The number of carbonyl (C=O) groups excluding carboxylic acids is 2. The van der Waals surface area contributed by atoms with E-state index in [2.05, 4.69) is 39.9 Å². The molecule has 0 bridgehead atoms. The Morgan fingerprint density at radius 2 is 1.71 bits per heavy atom. The quantitative estimate of drug-likeness (QED) is 0.413. The third-order valence-corrected chi connectivity index (χ3v) is 7.05. The molecule has 1 atom stereocenters. The molecular formula is C26H27N3O5S. The lowest BCUT2D eigenvalue weighted by Crippen LogP contribution is -2.40. The van der Waals surface area contributed by atoms with Crippen LogP contribution < -0.4 is 10.6 Å². The Balaban J connectivity index is 1.29. The Bertz CT molecular complexity index is 1210. The summed E-state index contributed by atoms with van der Waals surface area (Å²) in [5.41, 5.74) is 4.86. The van der Waals surface area contributed by atoms with Gasteiger partial charge in [0.1, 0.15) is 18.3 Å². The van der Waals surface area contributed by atoms with Gasteiger partial charge in [-0.05, 0) is 35.6 Å². The van der Waals surface area contributed by atoms with Crippen LogP contribution in [0.2, 0.25) is 0 Å². The van der Waals surface area contributed by atoms with E-state index in [1.165, 1.54) is 22.5 Å². The van der Waals surface area contributed by atoms with Crippen LogP contribution in [-0.2, 0) is 16.0 Å². The first-order chi connectivity index (χ1) is 16.9. The molecule has 0 saturated heterocycles. The van der Waals surface area contributed by atoms with Crippen molar-refractivity contribution in [2.24, 2.45) is 0 Å². The maximum absolute atomic E-state index is 12.4. The molecule has 4 rings (SSSR count). The second-order valence-corrected chi connectivity index (χ2v) is 9.58. The van der Waals surface area contributed by atoms with E-state index in [-0.39, 0.29) is 24.6 Å². The minimum atomic E-state index is -1.08. The number of aryl methyl sites for hydroxylation is 1. The SMILES string of the molecule is CC[C@@H](NC(=O)c1nc(CCNC(=O)OCC2c3ccccc3-c3ccccc32)sc1C)C(=O)O. The van der Waals surface area contributed by atoms with Gasteiger partial charge in [-0.3, -0.25) is 4.79 Å². The summed E-state index contributed by atoms with van der Waals surface area (Å²) in [6.45, 7) is 3.99. The highest BCUT2D eigenvalue weighted by Gasteiger charge is 2.29. The second kappa shape index (κ2) is 10.7. The molecule has 2 amide bonds. The average Bonchev–Trinajstić information content (AvgIpc) is 3.38. The van der Waals surface area contributed by atoms with Gasteiger partial charge in [-0.2, -0.15) is 0 Å². The third-order valence-electron chi connectivity index (χ3n) is 6.02. The van der Waals surface area contributed by atoms with Crippen molar-refractivity contribution in [3.8, 4) is 11.1 Å². The molecule has 9 heteroatoms. The second-order valence-electron chi connectivity index (χ2n) is 8.29. The van der Waals surface area contributed by atoms with Crippen LogP contribution in [0.15, 0.2) is 48.5 Å². The minimum absolute atomic E-state index is 0.00594. The molecule has 3 N–H and O–H groups in total. The molecule has 3 aromatic rings. The zero-order valence-corrected chi connectivity index (χ0v) is 20.4. The van der Waals surface area contributed by atoms with Crippen LogP contribution in [0.1, 0.15) is 50.8 Å². The first-order valence-electron chi connectivity index (χ1n) is 11.5. The largest absolute Gasteiger partial charge is 0.480 e. The number of alkyl carbamates (subject to hydrolysis) is 1. The number of benzene rings is 2. The molecule has 182 valence electrons. The van der Waals surface area contributed by atoms with Gasteiger partial charge in [0.05, 0.1) is 5.01 Å². The normalized spacial score (nSPS) is 13.0. The Labute approximate surface area is 207 Å². The Kier molecular flexibility index (Phi) is 7.45. The van der Waals surface area contributed by atoms with Crippen molar-refractivity contribution in [1.82, 2.24) is 15.6 Å². The number of rotatable bonds is 9. The summed E-state index contributed by atoms with van der Waals surface area (Å²) in [5.74, 6) is -1.60. The highest BCUT2D eigenvalue weighted by Crippen LogP contribution is 2.44. The van der Waals surface area contributed by atoms with Crippen molar-refractivity contribution >= 4 is 29.3 Å². The van der Waals surface area contributed by atoms with Crippen molar-refractivity contribution in [3.63, 3.8) is 0 Å². The van der Waals surface area contributed by atoms with Crippen molar-refractivity contribution in [3.05, 3.63) is 75.2 Å². The summed E-state index contributed by atoms with van der Waals surface area (Å²) in [5, 5.41) is 15.0. The fraction of sp³-hybridized carbons (Fsp3) is 0.308. The van der Waals surface area contributed by atoms with Crippen LogP contribution >= 0.6 is 11.3 Å². The van der Waals surface area contributed by atoms with Crippen LogP contribution in [0.5, 0.6) is 0 Å². The fourth-order valence-electron chi connectivity index (χ4n) is 4.25. The van der Waals surface area contributed by atoms with Crippen molar-refractivity contribution < 1.29 is 24.2 Å². The number of ether oxygens (including phenoxy) is 1. The van der Waals surface area contributed by atoms with Crippen LogP contribution in [0.4, 0.5) is 4.79 Å². The monoisotopic (exact) mass is 493 g/mol. The topological polar surface area (TPSA) is 118 Å². The fourth-order valence-corrected chi connectivity index (χ4v) is 5.18. The maximum atomic E-state index is 12.4. The van der Waals surface area contributed by atoms with E-state index < -0.39 is 24.0 Å². The molecule has 1 aliphatic rings. The lowest BCUT2D eigenvalue weighted by molar-refractivity contribution is -0.139. The number of hydrogen-bond donors (Lipinski definition) is 3. The third kappa shape index (κ3) is 5.35. The number of aromatic nitrogens is 1. The van der Waals surface area contributed by atoms with E-state index in [0.29, 0.717) is 22.9 Å². The lowest BCUT2D eigenvalue weighted by Gasteiger charge is -2.14. The summed E-state index contributed by atoms with van der Waals surface area (Å²) in [6.07, 6.45) is 0.200. The molecule has 8 nitrogen and oxygen atoms in total. The molecule has 0 radical (unpaired) electrons. The molecule has 0 saturated carbocycles. The van der Waals surface area contributed by atoms with Gasteiger partial charge in [0.25, 0.3) is 5.91 Å². The predicted molar refractivity (Wildman–Crippen MR) is 133 cm³/mol. The van der Waals surface area contributed by atoms with Gasteiger partial charge in [-0.25, -0.2) is 14.6 Å². The molecule has 0 unspecified atom stereocenters. The standard InChI is InChI=1S/C26H27N3O5S/c1-3-21(25(31)32)28-24(30)23-15(2)35-22(29-23)12-13-27-26(33)34-14-20-18-10-6-4-8-16(18)17-9-5-7-11-19(17)20/h4-11,20-21H,3,12-14H2,1-2H3,(H,27,33)(H,28,30)(H,31,32)/t21-/m1/s1. The first kappa shape index (κ1) is 24.4. The maximum Gasteiger partial charge on any atom is 0.407 e. The molecular weight excluding hydrogens is 466 g/mol. The van der Waals surface area contributed by atoms with Crippen molar-refractivity contribution in [2.45, 2.75) is 38.6 Å². The Morgan fingerprint density at radius 3 is 2.31 bits per heavy atom. The molecule has 0 spiro atoms. The number of fused-ring (bicyclic) bond motifs is 3. The number of nitrogens with one attached hydrogen (secondary N) is 2. The zero-order valence-electron chi connectivity index (χ0n) is 19.5. The number of hydrogen-bond acceptors (Lipinski definition) is 6. The van der Waals surface area contributed by atoms with E-state index in [9.17, 15) is 14.4 Å². The van der Waals surface area contributed by atoms with Crippen molar-refractivity contribution in [1.29, 1.82) is 0 Å². The van der Waals surface area contributed by atoms with Crippen LogP contribution in [0.3, 0.4) is 0 Å². The van der Waals surface area contributed by atoms with Gasteiger partial charge in [-0.15, -0.1) is 11.3 Å². The van der Waals surface area contributed by atoms with Crippen LogP contribution in [0, 0.1) is 6.92 Å². The van der Waals surface area contributed by atoms with Crippen molar-refractivity contribution in [2.75, 3.05) is 13.2 Å². The first-order valence-corrected chi connectivity index (χ1v) is 12.3. The summed E-state index contributed by atoms with van der Waals surface area (Å²) in [7, 11) is 0. The van der Waals surface area contributed by atoms with Gasteiger partial charge in [0.2, 0.25) is 0 Å². The highest BCUT2D eigenvalue weighted by atomic mass is 32.1. The van der Waals surface area contributed by atoms with E-state index >= 15 is 0 Å². The number of amides is 2. The smallest absolute Gasteiger partial charge is 0.407 e. The van der Waals surface area contributed by atoms with E-state index in [0.717, 1.165) is 11.1 Å². The summed E-state index contributed by atoms with van der Waals surface area (Å²) < 4.78 is 5.54. The zero-order chi connectivity index (χ0) is 24.9. The number of nitrogens with zero attached hydrogens (tertiary/aromatic N) is 1. The lowest BCUT2D eigenvalue weighted by atomic mass is 9.98. The molecule has 35 heavy (non-hydrogen) atoms. The van der Waals surface area contributed by atoms with Crippen LogP contribution in [0.25, 0.3) is 11.1 Å². The summed E-state index contributed by atoms with van der Waals surface area (Å²) in [4.78, 5) is 40.9. The molecule has 1 heterocycles. The highest BCUT2D eigenvalue weighted by molar-refractivity contribution is 7.11. The van der Waals surface area contributed by atoms with Gasteiger partial charge in [-0.1, -0.05) is 55.5 Å². The Morgan fingerprint density at radius 1 is 1.09 bits per heavy atom. The molecule has 0 fully saturated rings. The van der Waals surface area contributed by atoms with E-state index in [4.69, 9.17) is 9.84 Å². The predicted octanol–water partition coefficient (Wildman–Crippen LogP) is 4.13. The van der Waals surface area contributed by atoms with Gasteiger partial charge in [0, 0.05) is 23.8 Å². The number of thiazole rings is 1. The minimum Gasteiger partial charge on any atom is -0.480 e. The number of carbonyl (C=O) groups is 3. The number of aliphatic carboxylic acids is 1. The van der Waals surface area contributed by atoms with Gasteiger partial charge >= 0.3 is 12.1 Å². The van der Waals surface area contributed by atoms with E-state index in [1.54, 1.807) is 13.8 Å². The summed E-state index contributed by atoms with van der Waals surface area (Å²) >= 11 is 1.34. The molecule has 1 aliphatic carbocycles. The molecule has 0 aliphatic heterocycles. The Hall–Kier alpha value is -3.72. The molecule has 1 aromatic heterocycles. The summed E-state index contributed by atoms with van der Waals surface area (Å²) in [6, 6.07) is 15.4. The van der Waals surface area contributed by atoms with E-state index in [1.807, 2.05) is 24.3 Å².